The number of likely N-dealkylation sites (tertiary alicyclic amines) is 1. The van der Waals surface area contributed by atoms with Crippen LogP contribution < -0.4 is 0 Å². The summed E-state index contributed by atoms with van der Waals surface area (Å²) >= 11 is 0. The highest BCUT2D eigenvalue weighted by Gasteiger charge is 2.40. The van der Waals surface area contributed by atoms with Crippen molar-refractivity contribution in [3.8, 4) is 12.3 Å². The second-order valence-electron chi connectivity index (χ2n) is 6.24. The van der Waals surface area contributed by atoms with Gasteiger partial charge in [0.25, 0.3) is 0 Å². The highest BCUT2D eigenvalue weighted by atomic mass is 16.2. The van der Waals surface area contributed by atoms with Crippen LogP contribution in [0.5, 0.6) is 0 Å². The highest BCUT2D eigenvalue weighted by molar-refractivity contribution is 5.77. The van der Waals surface area contributed by atoms with Crippen molar-refractivity contribution in [2.45, 2.75) is 37.8 Å². The van der Waals surface area contributed by atoms with Crippen molar-refractivity contribution in [3.63, 3.8) is 0 Å². The number of carbonyl (C=O) groups excluding carboxylic acids is 1. The van der Waals surface area contributed by atoms with Gasteiger partial charge < -0.3 is 4.90 Å². The van der Waals surface area contributed by atoms with Crippen LogP contribution >= 0.6 is 0 Å². The summed E-state index contributed by atoms with van der Waals surface area (Å²) in [6.45, 7) is 1.75. The maximum absolute atomic E-state index is 12.2. The Labute approximate surface area is 131 Å². The molecule has 0 bridgehead atoms. The molecule has 0 N–H and O–H groups in total. The van der Waals surface area contributed by atoms with E-state index in [1.165, 1.54) is 5.56 Å². The number of hydrogen-bond acceptors (Lipinski definition) is 3. The number of rotatable bonds is 7. The molecule has 2 aliphatic rings. The minimum Gasteiger partial charge on any atom is -0.342 e. The Kier molecular flexibility index (Phi) is 4.24. The summed E-state index contributed by atoms with van der Waals surface area (Å²) in [4.78, 5) is 14.1. The zero-order valence-corrected chi connectivity index (χ0v) is 12.7. The van der Waals surface area contributed by atoms with Crippen molar-refractivity contribution in [1.82, 2.24) is 4.90 Å². The monoisotopic (exact) mass is 295 g/mol. The predicted octanol–water partition coefficient (Wildman–Crippen LogP) is 3.04. The average molecular weight is 295 g/mol. The maximum Gasteiger partial charge on any atom is 0.222 e. The Morgan fingerprint density at radius 2 is 2.00 bits per heavy atom. The number of amides is 1. The van der Waals surface area contributed by atoms with Gasteiger partial charge in [-0.15, -0.1) is 12.3 Å². The lowest BCUT2D eigenvalue weighted by Crippen LogP contribution is -2.50. The molecular weight excluding hydrogens is 274 g/mol. The zero-order valence-electron chi connectivity index (χ0n) is 12.7. The third kappa shape index (κ3) is 3.54. The summed E-state index contributed by atoms with van der Waals surface area (Å²) in [5.41, 5.74) is 1.01. The molecule has 2 heterocycles. The number of terminal acetylenes is 1. The van der Waals surface area contributed by atoms with Gasteiger partial charge in [0.2, 0.25) is 5.91 Å². The predicted molar refractivity (Wildman–Crippen MR) is 85.1 cm³/mol. The van der Waals surface area contributed by atoms with Crippen LogP contribution in [0.25, 0.3) is 0 Å². The molecule has 1 fully saturated rings. The number of nitrogens with zero attached hydrogens (tertiary/aromatic N) is 3. The fraction of sp³-hybridized carbons (Fsp3) is 0.500. The molecule has 1 aromatic rings. The van der Waals surface area contributed by atoms with Gasteiger partial charge in [0.15, 0.2) is 5.66 Å². The Hall–Kier alpha value is -2.15. The van der Waals surface area contributed by atoms with Crippen LogP contribution in [0.4, 0.5) is 0 Å². The van der Waals surface area contributed by atoms with Crippen LogP contribution in [-0.2, 0) is 11.2 Å². The van der Waals surface area contributed by atoms with Gasteiger partial charge in [-0.25, -0.2) is 0 Å². The van der Waals surface area contributed by atoms with Crippen molar-refractivity contribution in [3.05, 3.63) is 35.9 Å². The minimum absolute atomic E-state index is 0.224. The molecule has 1 amide bonds. The first-order valence-electron chi connectivity index (χ1n) is 7.90. The average Bonchev–Trinajstić information content (AvgIpc) is 3.28. The smallest absolute Gasteiger partial charge is 0.222 e. The topological polar surface area (TPSA) is 45.0 Å². The lowest BCUT2D eigenvalue weighted by molar-refractivity contribution is -0.137. The molecule has 4 heteroatoms. The van der Waals surface area contributed by atoms with Crippen LogP contribution in [0.2, 0.25) is 0 Å². The van der Waals surface area contributed by atoms with Gasteiger partial charge in [0.05, 0.1) is 0 Å². The largest absolute Gasteiger partial charge is 0.342 e. The molecule has 0 aromatic heterocycles. The lowest BCUT2D eigenvalue weighted by Gasteiger charge is -2.39. The second kappa shape index (κ2) is 6.31. The number of carbonyl (C=O) groups is 1. The van der Waals surface area contributed by atoms with E-state index in [0.29, 0.717) is 25.2 Å². The van der Waals surface area contributed by atoms with Gasteiger partial charge in [0.1, 0.15) is 0 Å². The SMILES string of the molecule is C#CCCC1(CCC(=O)N2CC(Cc3ccccc3)C2)N=N1. The first-order chi connectivity index (χ1) is 10.7. The molecule has 22 heavy (non-hydrogen) atoms. The first-order valence-corrected chi connectivity index (χ1v) is 7.90. The number of hydrogen-bond donors (Lipinski definition) is 0. The fourth-order valence-electron chi connectivity index (χ4n) is 2.98. The summed E-state index contributed by atoms with van der Waals surface area (Å²) in [7, 11) is 0. The van der Waals surface area contributed by atoms with Gasteiger partial charge in [-0.3, -0.25) is 4.79 Å². The van der Waals surface area contributed by atoms with E-state index in [4.69, 9.17) is 6.42 Å². The van der Waals surface area contributed by atoms with E-state index >= 15 is 0 Å². The third-order valence-electron chi connectivity index (χ3n) is 4.47. The van der Waals surface area contributed by atoms with Crippen molar-refractivity contribution in [1.29, 1.82) is 0 Å². The summed E-state index contributed by atoms with van der Waals surface area (Å²) in [6, 6.07) is 10.5. The molecule has 1 saturated heterocycles. The van der Waals surface area contributed by atoms with Crippen LogP contribution in [0.15, 0.2) is 40.6 Å². The minimum atomic E-state index is -0.337. The number of benzene rings is 1. The standard InChI is InChI=1S/C18H21N3O/c1-2-3-10-18(19-20-18)11-9-17(22)21-13-16(14-21)12-15-7-5-4-6-8-15/h1,4-8,16H,3,9-14H2. The molecule has 2 aliphatic heterocycles. The van der Waals surface area contributed by atoms with Gasteiger partial charge >= 0.3 is 0 Å². The summed E-state index contributed by atoms with van der Waals surface area (Å²) < 4.78 is 0. The maximum atomic E-state index is 12.2. The molecule has 4 nitrogen and oxygen atoms in total. The van der Waals surface area contributed by atoms with Crippen LogP contribution in [-0.4, -0.2) is 29.6 Å². The summed E-state index contributed by atoms with van der Waals surface area (Å²) in [5.74, 6) is 3.43. The molecular formula is C18H21N3O. The van der Waals surface area contributed by atoms with Crippen molar-refractivity contribution < 1.29 is 4.79 Å². The van der Waals surface area contributed by atoms with E-state index in [2.05, 4.69) is 40.4 Å². The molecule has 114 valence electrons. The molecule has 1 aromatic carbocycles. The Bertz CT molecular complexity index is 591. The van der Waals surface area contributed by atoms with Gasteiger partial charge in [0, 0.05) is 38.8 Å². The summed E-state index contributed by atoms with van der Waals surface area (Å²) in [5, 5.41) is 8.15. The van der Waals surface area contributed by atoms with Gasteiger partial charge in [-0.2, -0.15) is 10.2 Å². The summed E-state index contributed by atoms with van der Waals surface area (Å²) in [6.07, 6.45) is 8.99. The molecule has 3 rings (SSSR count). The molecule has 0 aliphatic carbocycles. The molecule has 0 radical (unpaired) electrons. The highest BCUT2D eigenvalue weighted by Crippen LogP contribution is 2.38. The van der Waals surface area contributed by atoms with Crippen molar-refractivity contribution >= 4 is 5.91 Å². The fourth-order valence-corrected chi connectivity index (χ4v) is 2.98. The first kappa shape index (κ1) is 14.8. The third-order valence-corrected chi connectivity index (χ3v) is 4.47. The Morgan fingerprint density at radius 3 is 2.64 bits per heavy atom. The molecule has 0 spiro atoms. The molecule has 0 saturated carbocycles. The molecule has 0 unspecified atom stereocenters. The lowest BCUT2D eigenvalue weighted by atomic mass is 9.91. The zero-order chi connectivity index (χ0) is 15.4. The van der Waals surface area contributed by atoms with E-state index in [1.54, 1.807) is 0 Å². The van der Waals surface area contributed by atoms with Crippen LogP contribution in [0, 0.1) is 18.3 Å². The quantitative estimate of drug-likeness (QED) is 0.713. The van der Waals surface area contributed by atoms with Gasteiger partial charge in [-0.05, 0) is 17.9 Å². The van der Waals surface area contributed by atoms with E-state index in [1.807, 2.05) is 11.0 Å². The van der Waals surface area contributed by atoms with E-state index in [-0.39, 0.29) is 11.6 Å². The van der Waals surface area contributed by atoms with Crippen LogP contribution in [0.1, 0.15) is 31.2 Å². The van der Waals surface area contributed by atoms with Crippen molar-refractivity contribution in [2.24, 2.45) is 16.1 Å². The normalized spacial score (nSPS) is 18.6. The molecule has 0 atom stereocenters. The van der Waals surface area contributed by atoms with E-state index in [0.717, 1.165) is 25.9 Å². The van der Waals surface area contributed by atoms with Crippen LogP contribution in [0.3, 0.4) is 0 Å². The van der Waals surface area contributed by atoms with E-state index in [9.17, 15) is 4.79 Å². The Morgan fingerprint density at radius 1 is 1.27 bits per heavy atom. The van der Waals surface area contributed by atoms with Crippen molar-refractivity contribution in [2.75, 3.05) is 13.1 Å². The van der Waals surface area contributed by atoms with E-state index < -0.39 is 0 Å². The Balaban J connectivity index is 1.36. The van der Waals surface area contributed by atoms with Gasteiger partial charge in [-0.1, -0.05) is 30.3 Å². The second-order valence-corrected chi connectivity index (χ2v) is 6.24.